The molecule has 1 aromatic carbocycles. The zero-order chi connectivity index (χ0) is 20.2. The molecule has 2 heterocycles. The van der Waals surface area contributed by atoms with E-state index in [4.69, 9.17) is 18.8 Å². The van der Waals surface area contributed by atoms with Crippen molar-refractivity contribution in [1.82, 2.24) is 5.32 Å². The highest BCUT2D eigenvalue weighted by Gasteiger charge is 2.53. The van der Waals surface area contributed by atoms with Crippen molar-refractivity contribution in [2.24, 2.45) is 0 Å². The number of carboxylic acid groups (broad SMARTS) is 1. The van der Waals surface area contributed by atoms with E-state index in [1.54, 1.807) is 27.7 Å². The minimum Gasteiger partial charge on any atom is -0.465 e. The van der Waals surface area contributed by atoms with Crippen LogP contribution in [0.3, 0.4) is 0 Å². The van der Waals surface area contributed by atoms with Crippen molar-refractivity contribution in [3.63, 3.8) is 0 Å². The van der Waals surface area contributed by atoms with E-state index in [1.165, 1.54) is 12.1 Å². The van der Waals surface area contributed by atoms with E-state index in [1.807, 2.05) is 0 Å². The highest BCUT2D eigenvalue weighted by Crippen LogP contribution is 2.39. The molecule has 1 aliphatic heterocycles. The number of halogens is 3. The molecule has 0 spiro atoms. The molecule has 3 rings (SSSR count). The molecular formula is C17H19BF3NO5. The maximum atomic E-state index is 13.6. The van der Waals surface area contributed by atoms with Gasteiger partial charge in [-0.05, 0) is 45.3 Å². The summed E-state index contributed by atoms with van der Waals surface area (Å²) in [5, 5.41) is 11.2. The molecule has 6 nitrogen and oxygen atoms in total. The number of alkyl halides is 3. The van der Waals surface area contributed by atoms with Crippen LogP contribution in [0.5, 0.6) is 0 Å². The van der Waals surface area contributed by atoms with E-state index >= 15 is 0 Å². The lowest BCUT2D eigenvalue weighted by atomic mass is 9.75. The van der Waals surface area contributed by atoms with Crippen LogP contribution in [0.1, 0.15) is 39.0 Å². The number of hydrogen-bond donors (Lipinski definition) is 2. The molecule has 2 N–H and O–H groups in total. The van der Waals surface area contributed by atoms with Crippen molar-refractivity contribution < 1.29 is 36.8 Å². The third-order valence-electron chi connectivity index (χ3n) is 4.97. The van der Waals surface area contributed by atoms with Crippen LogP contribution in [0.15, 0.2) is 22.6 Å². The van der Waals surface area contributed by atoms with Crippen LogP contribution in [0.2, 0.25) is 0 Å². The van der Waals surface area contributed by atoms with Crippen LogP contribution >= 0.6 is 0 Å². The molecule has 1 amide bonds. The normalized spacial score (nSPS) is 18.9. The zero-order valence-electron chi connectivity index (χ0n) is 15.2. The number of amides is 1. The molecule has 1 aliphatic rings. The molecule has 0 saturated carbocycles. The monoisotopic (exact) mass is 385 g/mol. The fourth-order valence-corrected chi connectivity index (χ4v) is 2.82. The van der Waals surface area contributed by atoms with Gasteiger partial charge in [-0.15, -0.1) is 0 Å². The van der Waals surface area contributed by atoms with E-state index in [2.05, 4.69) is 5.32 Å². The van der Waals surface area contributed by atoms with Gasteiger partial charge in [-0.25, -0.2) is 4.79 Å². The molecule has 10 heteroatoms. The van der Waals surface area contributed by atoms with E-state index in [0.717, 1.165) is 6.07 Å². The first kappa shape index (κ1) is 19.6. The molecule has 0 unspecified atom stereocenters. The Kier molecular flexibility index (Phi) is 4.47. The molecule has 27 heavy (non-hydrogen) atoms. The fraction of sp³-hybridized carbons (Fsp3) is 0.471. The Morgan fingerprint density at radius 1 is 1.15 bits per heavy atom. The molecule has 146 valence electrons. The molecule has 0 aliphatic carbocycles. The molecule has 0 atom stereocenters. The summed E-state index contributed by atoms with van der Waals surface area (Å²) in [6, 6.07) is 3.69. The first-order valence-electron chi connectivity index (χ1n) is 8.26. The summed E-state index contributed by atoms with van der Waals surface area (Å²) in [5.74, 6) is 0.201. The summed E-state index contributed by atoms with van der Waals surface area (Å²) in [5.41, 5.74) is -2.64. The summed E-state index contributed by atoms with van der Waals surface area (Å²) in [6.45, 7) is 6.87. The second-order valence-corrected chi connectivity index (χ2v) is 7.43. The van der Waals surface area contributed by atoms with Crippen LogP contribution in [0.25, 0.3) is 11.0 Å². The Morgan fingerprint density at radius 3 is 2.26 bits per heavy atom. The molecule has 0 radical (unpaired) electrons. The van der Waals surface area contributed by atoms with E-state index in [-0.39, 0.29) is 23.4 Å². The highest BCUT2D eigenvalue weighted by atomic mass is 19.4. The Labute approximate surface area is 153 Å². The number of carbonyl (C=O) groups is 1. The minimum absolute atomic E-state index is 0.00443. The summed E-state index contributed by atoms with van der Waals surface area (Å²) < 4.78 is 57.8. The predicted octanol–water partition coefficient (Wildman–Crippen LogP) is 3.52. The molecular weight excluding hydrogens is 366 g/mol. The third-order valence-corrected chi connectivity index (χ3v) is 4.97. The SMILES string of the molecule is CC1(C)OB(c2cc3cc(CNC(=O)O)oc3cc2C(F)(F)F)OC1(C)C. The topological polar surface area (TPSA) is 80.9 Å². The third kappa shape index (κ3) is 3.63. The number of fused-ring (bicyclic) bond motifs is 1. The summed E-state index contributed by atoms with van der Waals surface area (Å²) in [6.07, 6.45) is -5.90. The molecule has 1 fully saturated rings. The quantitative estimate of drug-likeness (QED) is 0.791. The van der Waals surface area contributed by atoms with Crippen molar-refractivity contribution in [2.75, 3.05) is 0 Å². The zero-order valence-corrected chi connectivity index (χ0v) is 15.2. The summed E-state index contributed by atoms with van der Waals surface area (Å²) >= 11 is 0. The molecule has 0 bridgehead atoms. The van der Waals surface area contributed by atoms with Crippen molar-refractivity contribution in [1.29, 1.82) is 0 Å². The number of furan rings is 1. The lowest BCUT2D eigenvalue weighted by molar-refractivity contribution is -0.136. The van der Waals surface area contributed by atoms with E-state index in [0.29, 0.717) is 5.39 Å². The van der Waals surface area contributed by atoms with Crippen molar-refractivity contribution in [3.8, 4) is 0 Å². The number of hydrogen-bond acceptors (Lipinski definition) is 4. The number of nitrogens with one attached hydrogen (secondary N) is 1. The van der Waals surface area contributed by atoms with Crippen LogP contribution in [-0.2, 0) is 22.0 Å². The van der Waals surface area contributed by atoms with Gasteiger partial charge in [-0.2, -0.15) is 13.2 Å². The first-order chi connectivity index (χ1) is 12.3. The van der Waals surface area contributed by atoms with Crippen LogP contribution in [-0.4, -0.2) is 29.5 Å². The van der Waals surface area contributed by atoms with Gasteiger partial charge in [-0.1, -0.05) is 6.07 Å². The van der Waals surface area contributed by atoms with Crippen molar-refractivity contribution in [3.05, 3.63) is 29.5 Å². The minimum atomic E-state index is -4.64. The highest BCUT2D eigenvalue weighted by molar-refractivity contribution is 6.63. The first-order valence-corrected chi connectivity index (χ1v) is 8.26. The Balaban J connectivity index is 2.06. The Bertz CT molecular complexity index is 875. The van der Waals surface area contributed by atoms with Gasteiger partial charge in [0, 0.05) is 5.39 Å². The molecule has 1 saturated heterocycles. The maximum absolute atomic E-state index is 13.6. The van der Waals surface area contributed by atoms with E-state index in [9.17, 15) is 18.0 Å². The second kappa shape index (κ2) is 6.17. The van der Waals surface area contributed by atoms with Gasteiger partial charge < -0.3 is 24.1 Å². The Hall–Kier alpha value is -2.20. The number of rotatable bonds is 3. The number of benzene rings is 1. The van der Waals surface area contributed by atoms with Crippen LogP contribution in [0.4, 0.5) is 18.0 Å². The smallest absolute Gasteiger partial charge is 0.465 e. The van der Waals surface area contributed by atoms with Gasteiger partial charge in [0.1, 0.15) is 11.3 Å². The summed E-state index contributed by atoms with van der Waals surface area (Å²) in [7, 11) is -1.19. The van der Waals surface area contributed by atoms with Crippen molar-refractivity contribution in [2.45, 2.75) is 51.6 Å². The van der Waals surface area contributed by atoms with Gasteiger partial charge in [-0.3, -0.25) is 0 Å². The lowest BCUT2D eigenvalue weighted by Gasteiger charge is -2.32. The lowest BCUT2D eigenvalue weighted by Crippen LogP contribution is -2.41. The Morgan fingerprint density at radius 2 is 1.74 bits per heavy atom. The largest absolute Gasteiger partial charge is 0.495 e. The fourth-order valence-electron chi connectivity index (χ4n) is 2.82. The molecule has 1 aromatic heterocycles. The standard InChI is InChI=1S/C17H19BF3NO5/c1-15(2)16(3,4)27-18(26-15)12-6-9-5-10(8-22-14(23)24)25-13(9)7-11(12)17(19,20)21/h5-7,22H,8H2,1-4H3,(H,23,24). The van der Waals surface area contributed by atoms with Gasteiger partial charge >= 0.3 is 19.4 Å². The van der Waals surface area contributed by atoms with Gasteiger partial charge in [0.15, 0.2) is 0 Å². The van der Waals surface area contributed by atoms with Crippen molar-refractivity contribution >= 4 is 29.6 Å². The maximum Gasteiger partial charge on any atom is 0.495 e. The predicted molar refractivity (Wildman–Crippen MR) is 91.8 cm³/mol. The van der Waals surface area contributed by atoms with Crippen LogP contribution < -0.4 is 10.8 Å². The summed E-state index contributed by atoms with van der Waals surface area (Å²) in [4.78, 5) is 10.6. The average molecular weight is 385 g/mol. The van der Waals surface area contributed by atoms with Gasteiger partial charge in [0.2, 0.25) is 0 Å². The van der Waals surface area contributed by atoms with Crippen LogP contribution in [0, 0.1) is 0 Å². The second-order valence-electron chi connectivity index (χ2n) is 7.43. The molecule has 2 aromatic rings. The van der Waals surface area contributed by atoms with Gasteiger partial charge in [0.05, 0.1) is 23.3 Å². The van der Waals surface area contributed by atoms with E-state index < -0.39 is 36.2 Å². The van der Waals surface area contributed by atoms with Gasteiger partial charge in [0.25, 0.3) is 0 Å². The average Bonchev–Trinajstić information content (AvgIpc) is 3.00.